The summed E-state index contributed by atoms with van der Waals surface area (Å²) in [7, 11) is -0.134. The van der Waals surface area contributed by atoms with Gasteiger partial charge in [-0.1, -0.05) is 29.9 Å². The minimum Gasteiger partial charge on any atom is -0.497 e. The van der Waals surface area contributed by atoms with E-state index in [9.17, 15) is 17.6 Å². The molecule has 2 aromatic carbocycles. The number of ether oxygens (including phenoxy) is 3. The van der Waals surface area contributed by atoms with E-state index < -0.39 is 37.6 Å². The van der Waals surface area contributed by atoms with E-state index in [1.165, 1.54) is 19.1 Å². The number of nitrogens with zero attached hydrogens (tertiary/aromatic N) is 3. The summed E-state index contributed by atoms with van der Waals surface area (Å²) in [6.07, 6.45) is 3.12. The summed E-state index contributed by atoms with van der Waals surface area (Å²) >= 11 is 7.03. The highest BCUT2D eigenvalue weighted by Gasteiger charge is 2.41. The quantitative estimate of drug-likeness (QED) is 0.198. The van der Waals surface area contributed by atoms with E-state index in [2.05, 4.69) is 17.2 Å². The molecule has 1 N–H and O–H groups in total. The first-order valence-corrected chi connectivity index (χ1v) is 17.1. The van der Waals surface area contributed by atoms with Crippen LogP contribution in [0.2, 0.25) is 5.02 Å². The molecule has 10 nitrogen and oxygen atoms in total. The molecule has 0 radical (unpaired) electrons. The average Bonchev–Trinajstić information content (AvgIpc) is 3.56. The van der Waals surface area contributed by atoms with E-state index >= 15 is 4.39 Å². The highest BCUT2D eigenvalue weighted by Crippen LogP contribution is 2.49. The zero-order valence-corrected chi connectivity index (χ0v) is 29.2. The highest BCUT2D eigenvalue weighted by molar-refractivity contribution is 7.93. The summed E-state index contributed by atoms with van der Waals surface area (Å²) in [5.41, 5.74) is -0.0692. The van der Waals surface area contributed by atoms with Gasteiger partial charge in [0.1, 0.15) is 27.8 Å². The van der Waals surface area contributed by atoms with Gasteiger partial charge in [0.2, 0.25) is 5.13 Å². The maximum Gasteiger partial charge on any atom is 0.410 e. The van der Waals surface area contributed by atoms with E-state index in [-0.39, 0.29) is 40.4 Å². The molecule has 1 aliphatic rings. The van der Waals surface area contributed by atoms with Crippen LogP contribution in [0.5, 0.6) is 11.5 Å². The minimum atomic E-state index is -4.67. The average molecular weight is 701 g/mol. The molecular weight excluding hydrogens is 662 g/mol. The molecule has 1 amide bonds. The maximum absolute atomic E-state index is 15.7. The largest absolute Gasteiger partial charge is 0.497 e. The van der Waals surface area contributed by atoms with Crippen molar-refractivity contribution in [2.24, 2.45) is 5.41 Å². The third-order valence-electron chi connectivity index (χ3n) is 7.67. The Morgan fingerprint density at radius 2 is 1.87 bits per heavy atom. The van der Waals surface area contributed by atoms with Gasteiger partial charge < -0.3 is 24.4 Å². The number of nitrogens with one attached hydrogen (secondary N) is 1. The molecule has 15 heteroatoms. The van der Waals surface area contributed by atoms with Crippen LogP contribution in [0.15, 0.2) is 41.4 Å². The molecule has 3 aromatic rings. The normalized spacial score (nSPS) is 14.7. The van der Waals surface area contributed by atoms with Gasteiger partial charge in [-0.25, -0.2) is 26.9 Å². The first-order chi connectivity index (χ1) is 21.5. The van der Waals surface area contributed by atoms with Crippen molar-refractivity contribution in [3.05, 3.63) is 58.1 Å². The van der Waals surface area contributed by atoms with Gasteiger partial charge in [0, 0.05) is 25.2 Å². The lowest BCUT2D eigenvalue weighted by atomic mass is 9.98. The van der Waals surface area contributed by atoms with Gasteiger partial charge in [0.15, 0.2) is 5.13 Å². The molecule has 46 heavy (non-hydrogen) atoms. The van der Waals surface area contributed by atoms with Crippen molar-refractivity contribution in [1.29, 1.82) is 0 Å². The van der Waals surface area contributed by atoms with Crippen LogP contribution in [0.1, 0.15) is 52.5 Å². The zero-order chi connectivity index (χ0) is 34.0. The Kier molecular flexibility index (Phi) is 10.6. The number of aromatic nitrogens is 1. The number of carbonyl (C=O) groups excluding carboxylic acids is 1. The number of hydrogen-bond acceptors (Lipinski definition) is 9. The topological polar surface area (TPSA) is 110 Å². The number of likely N-dealkylation sites (N-methyl/N-ethyl adjacent to an activating group) is 1. The molecule has 0 unspecified atom stereocenters. The second-order valence-electron chi connectivity index (χ2n) is 12.5. The summed E-state index contributed by atoms with van der Waals surface area (Å²) in [5.74, 6) is -0.301. The van der Waals surface area contributed by atoms with Crippen molar-refractivity contribution in [2.75, 3.05) is 37.4 Å². The van der Waals surface area contributed by atoms with Crippen molar-refractivity contribution >= 4 is 49.9 Å². The number of benzene rings is 2. The number of methoxy groups -OCH3 is 2. The number of hydrogen-bond donors (Lipinski definition) is 1. The van der Waals surface area contributed by atoms with Gasteiger partial charge in [-0.3, -0.25) is 0 Å². The predicted molar refractivity (Wildman–Crippen MR) is 175 cm³/mol. The van der Waals surface area contributed by atoms with E-state index in [0.717, 1.165) is 35.5 Å². The zero-order valence-electron chi connectivity index (χ0n) is 26.8. The Bertz CT molecular complexity index is 1680. The van der Waals surface area contributed by atoms with Crippen LogP contribution in [-0.2, 0) is 21.3 Å². The third-order valence-corrected chi connectivity index (χ3v) is 10.7. The Labute approximate surface area is 277 Å². The van der Waals surface area contributed by atoms with E-state index in [1.54, 1.807) is 46.0 Å². The molecule has 1 saturated carbocycles. The Morgan fingerprint density at radius 3 is 2.43 bits per heavy atom. The molecule has 252 valence electrons. The number of carbonyl (C=O) groups is 1. The van der Waals surface area contributed by atoms with Gasteiger partial charge >= 0.3 is 6.09 Å². The lowest BCUT2D eigenvalue weighted by Crippen LogP contribution is -2.45. The fourth-order valence-electron chi connectivity index (χ4n) is 4.78. The number of anilines is 2. The number of thiazole rings is 1. The smallest absolute Gasteiger partial charge is 0.410 e. The van der Waals surface area contributed by atoms with Gasteiger partial charge in [0.05, 0.1) is 43.7 Å². The molecule has 0 bridgehead atoms. The number of rotatable bonds is 13. The fourth-order valence-corrected chi connectivity index (χ4v) is 7.40. The summed E-state index contributed by atoms with van der Waals surface area (Å²) in [5, 5.41) is 2.09. The van der Waals surface area contributed by atoms with E-state index in [0.29, 0.717) is 34.8 Å². The predicted octanol–water partition coefficient (Wildman–Crippen LogP) is 7.33. The number of amides is 1. The lowest BCUT2D eigenvalue weighted by Gasteiger charge is -2.32. The first kappa shape index (κ1) is 35.5. The van der Waals surface area contributed by atoms with Crippen LogP contribution in [0, 0.1) is 16.4 Å². The van der Waals surface area contributed by atoms with E-state index in [4.69, 9.17) is 25.8 Å². The molecule has 1 heterocycles. The summed E-state index contributed by atoms with van der Waals surface area (Å²) in [4.78, 5) is 17.6. The molecule has 0 saturated heterocycles. The van der Waals surface area contributed by atoms with Crippen molar-refractivity contribution < 1.29 is 36.2 Å². The van der Waals surface area contributed by atoms with Crippen LogP contribution >= 0.6 is 22.9 Å². The second kappa shape index (κ2) is 13.8. The number of halogens is 3. The molecule has 1 fully saturated rings. The Hall–Kier alpha value is -3.36. The van der Waals surface area contributed by atoms with Crippen LogP contribution in [-0.4, -0.2) is 63.8 Å². The van der Waals surface area contributed by atoms with Crippen molar-refractivity contribution in [2.45, 2.75) is 70.0 Å². The summed E-state index contributed by atoms with van der Waals surface area (Å²) in [6, 6.07) is 6.45. The standard InChI is InChI=1S/C31H39ClF2N4O6S2/c1-30(2,3)44-29(39)37(5)20(15-31(4)10-11-31)16-35-24-14-23(33)26(13-22(24)32)46(40,41)38(28-36-17-27(34)45-28)18-19-8-9-21(42-6)12-25(19)43-7/h8-9,12-14,17,20,35H,10-11,15-16,18H2,1-7H3/t20-/m1/s1. The SMILES string of the molecule is COc1ccc(CN(c2ncc(F)s2)S(=O)(=O)c2cc(Cl)c(NC[C@@H](CC3(C)CC3)N(C)C(=O)OC(C)(C)C)cc2F)c(OC)c1. The maximum atomic E-state index is 15.7. The molecule has 1 aliphatic carbocycles. The van der Waals surface area contributed by atoms with Gasteiger partial charge in [-0.15, -0.1) is 0 Å². The Balaban J connectivity index is 1.63. The highest BCUT2D eigenvalue weighted by atomic mass is 35.5. The van der Waals surface area contributed by atoms with Crippen molar-refractivity contribution in [1.82, 2.24) is 9.88 Å². The number of sulfonamides is 1. The molecule has 0 aliphatic heterocycles. The third kappa shape index (κ3) is 8.51. The lowest BCUT2D eigenvalue weighted by molar-refractivity contribution is 0.0210. The fraction of sp³-hybridized carbons (Fsp3) is 0.484. The molecular formula is C31H39ClF2N4O6S2. The summed E-state index contributed by atoms with van der Waals surface area (Å²) in [6.45, 7) is 7.34. The van der Waals surface area contributed by atoms with Crippen LogP contribution in [0.25, 0.3) is 0 Å². The van der Waals surface area contributed by atoms with Gasteiger partial charge in [0.25, 0.3) is 10.0 Å². The summed E-state index contributed by atoms with van der Waals surface area (Å²) < 4.78 is 74.8. The minimum absolute atomic E-state index is 0.0661. The van der Waals surface area contributed by atoms with Crippen molar-refractivity contribution in [3.8, 4) is 11.5 Å². The second-order valence-corrected chi connectivity index (χ2v) is 15.7. The van der Waals surface area contributed by atoms with Crippen LogP contribution in [0.3, 0.4) is 0 Å². The molecule has 1 atom stereocenters. The molecule has 1 aromatic heterocycles. The molecule has 0 spiro atoms. The monoisotopic (exact) mass is 700 g/mol. The van der Waals surface area contributed by atoms with E-state index in [1.807, 2.05) is 0 Å². The van der Waals surface area contributed by atoms with Crippen LogP contribution in [0.4, 0.5) is 24.4 Å². The van der Waals surface area contributed by atoms with Gasteiger partial charge in [-0.2, -0.15) is 4.39 Å². The van der Waals surface area contributed by atoms with Crippen molar-refractivity contribution in [3.63, 3.8) is 0 Å². The van der Waals surface area contributed by atoms with Crippen LogP contribution < -0.4 is 19.1 Å². The molecule has 4 rings (SSSR count). The Morgan fingerprint density at radius 1 is 1.17 bits per heavy atom. The van der Waals surface area contributed by atoms with Gasteiger partial charge in [-0.05, 0) is 69.7 Å². The first-order valence-electron chi connectivity index (χ1n) is 14.5.